The van der Waals surface area contributed by atoms with Gasteiger partial charge in [-0.05, 0) is 47.9 Å². The fourth-order valence-electron chi connectivity index (χ4n) is 4.37. The summed E-state index contributed by atoms with van der Waals surface area (Å²) in [6.45, 7) is 2.85. The van der Waals surface area contributed by atoms with Crippen LogP contribution >= 0.6 is 0 Å². The van der Waals surface area contributed by atoms with E-state index in [2.05, 4.69) is 10.6 Å². The fourth-order valence-corrected chi connectivity index (χ4v) is 4.37. The standard InChI is InChI=1S/C28H32N4O5/c1-19(2)28(26(29)35,20-14-16-23(37-3)17-15-20)32(22-12-8-5-9-13-22)25(34)24(18-33)31-27(36)30-21-10-6-4-7-11-21/h4-17,19,24,33H,18H2,1-3H3,(H2,29,35)(H2,30,31,36). The first-order chi connectivity index (χ1) is 17.7. The third kappa shape index (κ3) is 5.73. The van der Waals surface area contributed by atoms with Crippen LogP contribution in [-0.2, 0) is 15.1 Å². The molecule has 9 heteroatoms. The predicted molar refractivity (Wildman–Crippen MR) is 142 cm³/mol. The van der Waals surface area contributed by atoms with Crippen molar-refractivity contribution in [3.05, 3.63) is 90.5 Å². The Hall–Kier alpha value is -4.37. The summed E-state index contributed by atoms with van der Waals surface area (Å²) in [6, 6.07) is 21.9. The average Bonchev–Trinajstić information content (AvgIpc) is 2.90. The largest absolute Gasteiger partial charge is 0.497 e. The molecule has 0 aliphatic heterocycles. The summed E-state index contributed by atoms with van der Waals surface area (Å²) in [7, 11) is 1.52. The fraction of sp³-hybridized carbons (Fsp3) is 0.250. The Morgan fingerprint density at radius 3 is 2.00 bits per heavy atom. The van der Waals surface area contributed by atoms with Gasteiger partial charge in [-0.1, -0.05) is 62.4 Å². The molecule has 5 N–H and O–H groups in total. The van der Waals surface area contributed by atoms with E-state index in [0.29, 0.717) is 22.7 Å². The van der Waals surface area contributed by atoms with Crippen LogP contribution in [0.2, 0.25) is 0 Å². The summed E-state index contributed by atoms with van der Waals surface area (Å²) >= 11 is 0. The zero-order valence-corrected chi connectivity index (χ0v) is 21.0. The lowest BCUT2D eigenvalue weighted by molar-refractivity contribution is -0.131. The Morgan fingerprint density at radius 2 is 1.51 bits per heavy atom. The summed E-state index contributed by atoms with van der Waals surface area (Å²) in [5.74, 6) is -1.41. The van der Waals surface area contributed by atoms with E-state index < -0.39 is 42.0 Å². The highest BCUT2D eigenvalue weighted by Crippen LogP contribution is 2.40. The number of hydrogen-bond donors (Lipinski definition) is 4. The molecule has 0 fully saturated rings. The van der Waals surface area contributed by atoms with Crippen molar-refractivity contribution in [3.63, 3.8) is 0 Å². The summed E-state index contributed by atoms with van der Waals surface area (Å²) in [4.78, 5) is 41.4. The number of para-hydroxylation sites is 2. The van der Waals surface area contributed by atoms with E-state index in [4.69, 9.17) is 10.5 Å². The molecule has 0 heterocycles. The number of aliphatic hydroxyl groups excluding tert-OH is 1. The van der Waals surface area contributed by atoms with Crippen molar-refractivity contribution < 1.29 is 24.2 Å². The lowest BCUT2D eigenvalue weighted by atomic mass is 9.76. The summed E-state index contributed by atoms with van der Waals surface area (Å²) < 4.78 is 5.26. The number of hydrogen-bond acceptors (Lipinski definition) is 5. The van der Waals surface area contributed by atoms with Crippen LogP contribution in [0.15, 0.2) is 84.9 Å². The van der Waals surface area contributed by atoms with Crippen LogP contribution in [0.5, 0.6) is 5.75 Å². The van der Waals surface area contributed by atoms with Gasteiger partial charge in [0, 0.05) is 11.4 Å². The molecule has 2 atom stereocenters. The van der Waals surface area contributed by atoms with Gasteiger partial charge in [0.05, 0.1) is 13.7 Å². The number of amides is 4. The highest BCUT2D eigenvalue weighted by atomic mass is 16.5. The number of nitrogens with two attached hydrogens (primary N) is 1. The van der Waals surface area contributed by atoms with Crippen molar-refractivity contribution >= 4 is 29.2 Å². The number of nitrogens with zero attached hydrogens (tertiary/aromatic N) is 1. The zero-order chi connectivity index (χ0) is 27.0. The number of methoxy groups -OCH3 is 1. The van der Waals surface area contributed by atoms with E-state index in [1.165, 1.54) is 12.0 Å². The first kappa shape index (κ1) is 27.2. The lowest BCUT2D eigenvalue weighted by Gasteiger charge is -2.46. The van der Waals surface area contributed by atoms with Crippen LogP contribution in [0, 0.1) is 5.92 Å². The van der Waals surface area contributed by atoms with Crippen molar-refractivity contribution in [2.75, 3.05) is 23.9 Å². The maximum atomic E-state index is 14.1. The normalized spacial score (nSPS) is 13.2. The highest BCUT2D eigenvalue weighted by Gasteiger charge is 2.51. The van der Waals surface area contributed by atoms with Crippen molar-refractivity contribution in [1.82, 2.24) is 5.32 Å². The van der Waals surface area contributed by atoms with E-state index in [1.807, 2.05) is 0 Å². The van der Waals surface area contributed by atoms with Gasteiger partial charge in [-0.25, -0.2) is 4.79 Å². The van der Waals surface area contributed by atoms with Crippen molar-refractivity contribution in [3.8, 4) is 5.75 Å². The molecule has 0 aromatic heterocycles. The quantitative estimate of drug-likeness (QED) is 0.336. The number of rotatable bonds is 10. The molecular formula is C28H32N4O5. The molecule has 4 amide bonds. The van der Waals surface area contributed by atoms with Crippen LogP contribution in [0.3, 0.4) is 0 Å². The van der Waals surface area contributed by atoms with Gasteiger partial charge in [-0.15, -0.1) is 0 Å². The Balaban J connectivity index is 2.10. The number of primary amides is 1. The van der Waals surface area contributed by atoms with Crippen molar-refractivity contribution in [1.29, 1.82) is 0 Å². The van der Waals surface area contributed by atoms with E-state index in [1.54, 1.807) is 98.8 Å². The topological polar surface area (TPSA) is 134 Å². The lowest BCUT2D eigenvalue weighted by Crippen LogP contribution is -2.64. The first-order valence-corrected chi connectivity index (χ1v) is 11.8. The van der Waals surface area contributed by atoms with Crippen LogP contribution in [0.25, 0.3) is 0 Å². The molecule has 0 radical (unpaired) electrons. The minimum Gasteiger partial charge on any atom is -0.497 e. The number of urea groups is 1. The minimum atomic E-state index is -1.66. The Labute approximate surface area is 216 Å². The van der Waals surface area contributed by atoms with Crippen LogP contribution in [0.4, 0.5) is 16.2 Å². The maximum Gasteiger partial charge on any atom is 0.319 e. The first-order valence-electron chi connectivity index (χ1n) is 11.8. The monoisotopic (exact) mass is 504 g/mol. The third-order valence-electron chi connectivity index (χ3n) is 6.15. The highest BCUT2D eigenvalue weighted by molar-refractivity contribution is 6.07. The van der Waals surface area contributed by atoms with Crippen molar-refractivity contribution in [2.24, 2.45) is 11.7 Å². The molecule has 3 aromatic rings. The molecule has 37 heavy (non-hydrogen) atoms. The summed E-state index contributed by atoms with van der Waals surface area (Å²) in [5, 5.41) is 15.3. The molecule has 0 aliphatic rings. The second kappa shape index (κ2) is 12.0. The van der Waals surface area contributed by atoms with Gasteiger partial charge in [-0.2, -0.15) is 0 Å². The number of aliphatic hydroxyl groups is 1. The smallest absolute Gasteiger partial charge is 0.319 e. The number of nitrogens with one attached hydrogen (secondary N) is 2. The molecule has 0 saturated carbocycles. The molecule has 2 unspecified atom stereocenters. The van der Waals surface area contributed by atoms with E-state index in [0.717, 1.165) is 0 Å². The van der Waals surface area contributed by atoms with E-state index in [9.17, 15) is 19.5 Å². The molecule has 9 nitrogen and oxygen atoms in total. The predicted octanol–water partition coefficient (Wildman–Crippen LogP) is 3.25. The summed E-state index contributed by atoms with van der Waals surface area (Å²) in [6.07, 6.45) is 0. The number of anilines is 2. The number of benzene rings is 3. The summed E-state index contributed by atoms with van der Waals surface area (Å²) in [5.41, 5.74) is 5.75. The van der Waals surface area contributed by atoms with Gasteiger partial charge in [0.1, 0.15) is 11.8 Å². The Kier molecular flexibility index (Phi) is 8.86. The van der Waals surface area contributed by atoms with Crippen LogP contribution < -0.4 is 26.0 Å². The van der Waals surface area contributed by atoms with Crippen molar-refractivity contribution in [2.45, 2.75) is 25.4 Å². The van der Waals surface area contributed by atoms with E-state index in [-0.39, 0.29) is 0 Å². The minimum absolute atomic E-state index is 0.375. The van der Waals surface area contributed by atoms with Gasteiger partial charge in [-0.3, -0.25) is 14.5 Å². The van der Waals surface area contributed by atoms with Crippen LogP contribution in [0.1, 0.15) is 19.4 Å². The molecule has 3 aromatic carbocycles. The second-order valence-corrected chi connectivity index (χ2v) is 8.72. The second-order valence-electron chi connectivity index (χ2n) is 8.72. The molecule has 3 rings (SSSR count). The zero-order valence-electron chi connectivity index (χ0n) is 21.0. The molecular weight excluding hydrogens is 472 g/mol. The van der Waals surface area contributed by atoms with E-state index >= 15 is 0 Å². The third-order valence-corrected chi connectivity index (χ3v) is 6.15. The molecule has 0 aliphatic carbocycles. The van der Waals surface area contributed by atoms with Gasteiger partial charge in [0.2, 0.25) is 5.91 Å². The molecule has 0 bridgehead atoms. The van der Waals surface area contributed by atoms with Gasteiger partial charge < -0.3 is 26.2 Å². The Bertz CT molecular complexity index is 1200. The van der Waals surface area contributed by atoms with Gasteiger partial charge in [0.25, 0.3) is 5.91 Å². The molecule has 0 spiro atoms. The average molecular weight is 505 g/mol. The maximum absolute atomic E-state index is 14.1. The number of ether oxygens (including phenoxy) is 1. The Morgan fingerprint density at radius 1 is 0.946 bits per heavy atom. The SMILES string of the molecule is COc1ccc(C(C(N)=O)(C(C)C)N(C(=O)C(CO)NC(=O)Nc2ccccc2)c2ccccc2)cc1. The molecule has 194 valence electrons. The van der Waals surface area contributed by atoms with Gasteiger partial charge >= 0.3 is 6.03 Å². The molecule has 0 saturated heterocycles. The number of carbonyl (C=O) groups is 3. The van der Waals surface area contributed by atoms with Gasteiger partial charge in [0.15, 0.2) is 5.54 Å². The van der Waals surface area contributed by atoms with Crippen LogP contribution in [-0.4, -0.2) is 42.7 Å². The number of carbonyl (C=O) groups excluding carboxylic acids is 3.